The second-order valence-electron chi connectivity index (χ2n) is 4.65. The van der Waals surface area contributed by atoms with Crippen molar-refractivity contribution in [3.05, 3.63) is 5.69 Å². The average molecular weight is 256 g/mol. The quantitative estimate of drug-likeness (QED) is 0.821. The zero-order valence-corrected chi connectivity index (χ0v) is 12.3. The first-order valence-electron chi connectivity index (χ1n) is 6.08. The average Bonchev–Trinajstić information content (AvgIpc) is 2.57. The first-order chi connectivity index (χ1) is 7.97. The molecule has 1 unspecified atom stereocenters. The maximum Gasteiger partial charge on any atom is 0.148 e. The number of rotatable bonds is 6. The summed E-state index contributed by atoms with van der Waals surface area (Å²) >= 11 is 1.89. The fourth-order valence-electron chi connectivity index (χ4n) is 1.62. The van der Waals surface area contributed by atoms with Crippen molar-refractivity contribution < 1.29 is 0 Å². The van der Waals surface area contributed by atoms with Gasteiger partial charge >= 0.3 is 0 Å². The number of hydrogen-bond donors (Lipinski definition) is 2. The molecule has 0 saturated carbocycles. The summed E-state index contributed by atoms with van der Waals surface area (Å²) in [6.07, 6.45) is 3.27. The normalized spacial score (nSPS) is 13.1. The number of hydrogen-bond acceptors (Lipinski definition) is 4. The Labute approximate surface area is 108 Å². The topological polar surface area (TPSA) is 55.9 Å². The van der Waals surface area contributed by atoms with Crippen molar-refractivity contribution in [2.24, 2.45) is 0 Å². The molecule has 17 heavy (non-hydrogen) atoms. The second kappa shape index (κ2) is 6.19. The number of nitrogens with one attached hydrogen (secondary N) is 1. The van der Waals surface area contributed by atoms with Crippen molar-refractivity contribution >= 4 is 23.3 Å². The van der Waals surface area contributed by atoms with Crippen molar-refractivity contribution in [3.63, 3.8) is 0 Å². The Morgan fingerprint density at radius 1 is 1.41 bits per heavy atom. The van der Waals surface area contributed by atoms with Crippen LogP contribution < -0.4 is 11.1 Å². The van der Waals surface area contributed by atoms with Crippen LogP contribution in [0.15, 0.2) is 0 Å². The smallest absolute Gasteiger partial charge is 0.148 e. The van der Waals surface area contributed by atoms with Gasteiger partial charge in [0.2, 0.25) is 0 Å². The summed E-state index contributed by atoms with van der Waals surface area (Å²) in [7, 11) is 0. The number of aromatic nitrogens is 2. The van der Waals surface area contributed by atoms with Crippen LogP contribution in [0.1, 0.15) is 38.9 Å². The Balaban J connectivity index is 2.69. The third-order valence-electron chi connectivity index (χ3n) is 2.87. The van der Waals surface area contributed by atoms with Gasteiger partial charge in [0.15, 0.2) is 0 Å². The highest BCUT2D eigenvalue weighted by molar-refractivity contribution is 7.99. The monoisotopic (exact) mass is 256 g/mol. The highest BCUT2D eigenvalue weighted by Gasteiger charge is 2.14. The van der Waals surface area contributed by atoms with Crippen LogP contribution in [-0.4, -0.2) is 27.8 Å². The van der Waals surface area contributed by atoms with Gasteiger partial charge in [0.25, 0.3) is 0 Å². The summed E-state index contributed by atoms with van der Waals surface area (Å²) in [5.74, 6) is 0.964. The van der Waals surface area contributed by atoms with E-state index in [1.165, 1.54) is 0 Å². The van der Waals surface area contributed by atoms with Gasteiger partial charge in [0.05, 0.1) is 11.4 Å². The van der Waals surface area contributed by atoms with E-state index in [1.807, 2.05) is 23.4 Å². The molecule has 0 spiro atoms. The van der Waals surface area contributed by atoms with E-state index in [0.717, 1.165) is 30.2 Å². The maximum atomic E-state index is 6.04. The minimum absolute atomic E-state index is 0.325. The molecule has 3 N–H and O–H groups in total. The molecule has 0 radical (unpaired) electrons. The van der Waals surface area contributed by atoms with Crippen molar-refractivity contribution in [2.75, 3.05) is 23.9 Å². The third-order valence-corrected chi connectivity index (χ3v) is 3.91. The summed E-state index contributed by atoms with van der Waals surface area (Å²) in [6, 6.07) is 0.325. The van der Waals surface area contributed by atoms with Crippen molar-refractivity contribution in [1.82, 2.24) is 9.78 Å². The molecule has 0 amide bonds. The molecule has 0 saturated heterocycles. The van der Waals surface area contributed by atoms with E-state index < -0.39 is 0 Å². The van der Waals surface area contributed by atoms with Crippen LogP contribution in [0.2, 0.25) is 0 Å². The van der Waals surface area contributed by atoms with Crippen molar-refractivity contribution in [1.29, 1.82) is 0 Å². The Kier molecular flexibility index (Phi) is 5.18. The van der Waals surface area contributed by atoms with Gasteiger partial charge in [0, 0.05) is 17.8 Å². The van der Waals surface area contributed by atoms with Gasteiger partial charge in [-0.05, 0) is 33.4 Å². The van der Waals surface area contributed by atoms with E-state index in [2.05, 4.69) is 37.4 Å². The summed E-state index contributed by atoms with van der Waals surface area (Å²) in [5, 5.41) is 8.53. The molecular formula is C12H24N4S. The highest BCUT2D eigenvalue weighted by Crippen LogP contribution is 2.25. The van der Waals surface area contributed by atoms with Gasteiger partial charge in [-0.15, -0.1) is 0 Å². The van der Waals surface area contributed by atoms with Crippen molar-refractivity contribution in [3.8, 4) is 0 Å². The fourth-order valence-corrected chi connectivity index (χ4v) is 1.98. The Bertz CT molecular complexity index is 360. The number of nitrogens with two attached hydrogens (primary N) is 1. The number of nitrogens with zero attached hydrogens (tertiary/aromatic N) is 2. The van der Waals surface area contributed by atoms with Crippen LogP contribution in [0.3, 0.4) is 0 Å². The Morgan fingerprint density at radius 3 is 2.59 bits per heavy atom. The molecule has 1 aromatic heterocycles. The second-order valence-corrected chi connectivity index (χ2v) is 5.92. The van der Waals surface area contributed by atoms with Crippen LogP contribution in [0.5, 0.6) is 0 Å². The first-order valence-corrected chi connectivity index (χ1v) is 7.37. The van der Waals surface area contributed by atoms with Gasteiger partial charge in [-0.25, -0.2) is 4.68 Å². The molecule has 0 aliphatic rings. The number of anilines is 2. The van der Waals surface area contributed by atoms with E-state index in [1.54, 1.807) is 0 Å². The molecule has 98 valence electrons. The molecule has 0 aliphatic heterocycles. The van der Waals surface area contributed by atoms with Gasteiger partial charge in [0.1, 0.15) is 5.82 Å². The van der Waals surface area contributed by atoms with E-state index in [4.69, 9.17) is 5.73 Å². The number of nitrogen functional groups attached to an aromatic ring is 1. The van der Waals surface area contributed by atoms with Crippen LogP contribution in [0, 0.1) is 6.92 Å². The largest absolute Gasteiger partial charge is 0.394 e. The summed E-state index contributed by atoms with van der Waals surface area (Å²) in [5.41, 5.74) is 7.72. The molecule has 1 heterocycles. The Morgan fingerprint density at radius 2 is 2.06 bits per heavy atom. The van der Waals surface area contributed by atoms with Crippen LogP contribution in [0.4, 0.5) is 11.5 Å². The Hall–Kier alpha value is -0.840. The van der Waals surface area contributed by atoms with E-state index in [-0.39, 0.29) is 0 Å². The fraction of sp³-hybridized carbons (Fsp3) is 0.750. The molecule has 1 atom stereocenters. The van der Waals surface area contributed by atoms with Crippen LogP contribution >= 0.6 is 11.8 Å². The molecule has 1 rings (SSSR count). The molecule has 4 nitrogen and oxygen atoms in total. The lowest BCUT2D eigenvalue weighted by Crippen LogP contribution is -2.14. The van der Waals surface area contributed by atoms with Gasteiger partial charge in [-0.2, -0.15) is 16.9 Å². The molecular weight excluding hydrogens is 232 g/mol. The van der Waals surface area contributed by atoms with Crippen LogP contribution in [0.25, 0.3) is 0 Å². The summed E-state index contributed by atoms with van der Waals surface area (Å²) in [6.45, 7) is 9.35. The highest BCUT2D eigenvalue weighted by atomic mass is 32.2. The van der Waals surface area contributed by atoms with Gasteiger partial charge in [-0.1, -0.05) is 6.92 Å². The SMILES string of the molecule is CSC(C)CCNc1c(N)c(C)nn1C(C)C. The van der Waals surface area contributed by atoms with Crippen molar-refractivity contribution in [2.45, 2.75) is 45.4 Å². The molecule has 0 aliphatic carbocycles. The van der Waals surface area contributed by atoms with E-state index in [0.29, 0.717) is 11.3 Å². The lowest BCUT2D eigenvalue weighted by atomic mass is 10.3. The first kappa shape index (κ1) is 14.2. The molecule has 0 fully saturated rings. The number of thioether (sulfide) groups is 1. The lowest BCUT2D eigenvalue weighted by molar-refractivity contribution is 0.534. The van der Waals surface area contributed by atoms with E-state index >= 15 is 0 Å². The maximum absolute atomic E-state index is 6.04. The third kappa shape index (κ3) is 3.56. The lowest BCUT2D eigenvalue weighted by Gasteiger charge is -2.14. The molecule has 0 aromatic carbocycles. The predicted octanol–water partition coefficient (Wildman–Crippen LogP) is 2.91. The summed E-state index contributed by atoms with van der Waals surface area (Å²) < 4.78 is 1.97. The van der Waals surface area contributed by atoms with Gasteiger partial charge < -0.3 is 11.1 Å². The van der Waals surface area contributed by atoms with E-state index in [9.17, 15) is 0 Å². The molecule has 1 aromatic rings. The zero-order chi connectivity index (χ0) is 13.0. The number of aryl methyl sites for hydroxylation is 1. The zero-order valence-electron chi connectivity index (χ0n) is 11.4. The summed E-state index contributed by atoms with van der Waals surface area (Å²) in [4.78, 5) is 0. The van der Waals surface area contributed by atoms with Crippen LogP contribution in [-0.2, 0) is 0 Å². The minimum Gasteiger partial charge on any atom is -0.394 e. The standard InChI is InChI=1S/C12H24N4S/c1-8(2)16-12(11(13)10(4)15-16)14-7-6-9(3)17-5/h8-9,14H,6-7,13H2,1-5H3. The molecule has 0 bridgehead atoms. The van der Waals surface area contributed by atoms with Gasteiger partial charge in [-0.3, -0.25) is 0 Å². The minimum atomic E-state index is 0.325. The molecule has 5 heteroatoms. The predicted molar refractivity (Wildman–Crippen MR) is 77.8 cm³/mol.